The zero-order chi connectivity index (χ0) is 21.0. The summed E-state index contributed by atoms with van der Waals surface area (Å²) in [4.78, 5) is 48.9. The van der Waals surface area contributed by atoms with Gasteiger partial charge in [0.15, 0.2) is 0 Å². The number of imide groups is 1. The smallest absolute Gasteiger partial charge is 0.338 e. The van der Waals surface area contributed by atoms with E-state index in [1.807, 2.05) is 0 Å². The van der Waals surface area contributed by atoms with Gasteiger partial charge in [-0.25, -0.2) is 4.79 Å². The molecule has 29 heavy (non-hydrogen) atoms. The van der Waals surface area contributed by atoms with Gasteiger partial charge >= 0.3 is 5.97 Å². The zero-order valence-electron chi connectivity index (χ0n) is 15.6. The fourth-order valence-electron chi connectivity index (χ4n) is 3.03. The molecule has 2 aromatic carbocycles. The van der Waals surface area contributed by atoms with Crippen molar-refractivity contribution in [1.82, 2.24) is 4.90 Å². The van der Waals surface area contributed by atoms with E-state index in [1.165, 1.54) is 43.5 Å². The molecule has 2 aromatic rings. The molecule has 1 heterocycles. The monoisotopic (exact) mass is 398 g/mol. The van der Waals surface area contributed by atoms with Crippen LogP contribution >= 0.6 is 0 Å². The second-order valence-corrected chi connectivity index (χ2v) is 6.33. The van der Waals surface area contributed by atoms with Crippen molar-refractivity contribution >= 4 is 23.5 Å². The molecule has 1 aliphatic heterocycles. The Hall–Kier alpha value is -3.59. The van der Waals surface area contributed by atoms with Gasteiger partial charge in [0.25, 0.3) is 17.5 Å². The summed E-state index contributed by atoms with van der Waals surface area (Å²) in [5.74, 6) is -1.64. The fourth-order valence-corrected chi connectivity index (χ4v) is 3.03. The predicted octanol–water partition coefficient (Wildman–Crippen LogP) is 2.58. The number of fused-ring (bicyclic) bond motifs is 1. The largest absolute Gasteiger partial charge is 0.457 e. The molecule has 9 nitrogen and oxygen atoms in total. The van der Waals surface area contributed by atoms with Crippen molar-refractivity contribution in [3.8, 4) is 0 Å². The highest BCUT2D eigenvalue weighted by Crippen LogP contribution is 2.25. The Bertz CT molecular complexity index is 987. The van der Waals surface area contributed by atoms with Gasteiger partial charge in [-0.3, -0.25) is 24.6 Å². The van der Waals surface area contributed by atoms with Crippen molar-refractivity contribution in [3.63, 3.8) is 0 Å². The normalized spacial score (nSPS) is 12.8. The van der Waals surface area contributed by atoms with Crippen LogP contribution in [0, 0.1) is 10.1 Å². The average Bonchev–Trinajstić information content (AvgIpc) is 2.96. The molecule has 0 saturated heterocycles. The van der Waals surface area contributed by atoms with Crippen LogP contribution < -0.4 is 0 Å². The Balaban J connectivity index is 1.73. The van der Waals surface area contributed by atoms with Gasteiger partial charge in [-0.2, -0.15) is 0 Å². The van der Waals surface area contributed by atoms with Crippen LogP contribution in [-0.4, -0.2) is 47.9 Å². The fraction of sp³-hybridized carbons (Fsp3) is 0.250. The lowest BCUT2D eigenvalue weighted by Gasteiger charge is -2.12. The van der Waals surface area contributed by atoms with Crippen LogP contribution in [0.1, 0.15) is 43.1 Å². The minimum atomic E-state index is -0.746. The summed E-state index contributed by atoms with van der Waals surface area (Å²) in [7, 11) is 1.53. The number of amides is 2. The lowest BCUT2D eigenvalue weighted by atomic mass is 10.1. The molecule has 0 bridgehead atoms. The number of hydrogen-bond acceptors (Lipinski definition) is 7. The van der Waals surface area contributed by atoms with E-state index in [9.17, 15) is 24.5 Å². The minimum absolute atomic E-state index is 0.0854. The van der Waals surface area contributed by atoms with Gasteiger partial charge in [0.05, 0.1) is 27.2 Å². The van der Waals surface area contributed by atoms with E-state index in [0.717, 1.165) is 4.90 Å². The molecule has 0 atom stereocenters. The highest BCUT2D eigenvalue weighted by molar-refractivity contribution is 6.21. The van der Waals surface area contributed by atoms with Crippen LogP contribution in [0.25, 0.3) is 0 Å². The maximum atomic E-state index is 12.5. The van der Waals surface area contributed by atoms with Gasteiger partial charge in [-0.15, -0.1) is 0 Å². The molecule has 0 saturated carbocycles. The molecule has 0 aromatic heterocycles. The van der Waals surface area contributed by atoms with Crippen LogP contribution in [0.3, 0.4) is 0 Å². The molecule has 1 aliphatic rings. The number of nitro groups is 1. The van der Waals surface area contributed by atoms with Crippen LogP contribution in [0.4, 0.5) is 5.69 Å². The van der Waals surface area contributed by atoms with Crippen LogP contribution in [0.15, 0.2) is 42.5 Å². The summed E-state index contributed by atoms with van der Waals surface area (Å²) in [5, 5.41) is 11.0. The standard InChI is InChI=1S/C20H18N2O7/c1-28-10-4-9-21-18(23)15-8-7-13(11-16(15)19(21)24)20(25)29-12-14-5-2-3-6-17(14)22(26)27/h2-3,5-8,11H,4,9-10,12H2,1H3. The number of carbonyl (C=O) groups excluding carboxylic acids is 3. The molecule has 0 fully saturated rings. The van der Waals surface area contributed by atoms with Crippen LogP contribution in [-0.2, 0) is 16.1 Å². The second kappa shape index (κ2) is 8.61. The molecule has 0 unspecified atom stereocenters. The Morgan fingerprint density at radius 3 is 2.55 bits per heavy atom. The molecule has 3 rings (SSSR count). The van der Waals surface area contributed by atoms with Crippen molar-refractivity contribution in [2.75, 3.05) is 20.3 Å². The summed E-state index contributed by atoms with van der Waals surface area (Å²) in [6.07, 6.45) is 0.507. The van der Waals surface area contributed by atoms with E-state index in [-0.39, 0.29) is 41.1 Å². The van der Waals surface area contributed by atoms with Crippen molar-refractivity contribution < 1.29 is 28.8 Å². The third-order valence-corrected chi connectivity index (χ3v) is 4.48. The summed E-state index contributed by atoms with van der Waals surface area (Å²) in [6.45, 7) is 0.345. The third-order valence-electron chi connectivity index (χ3n) is 4.48. The molecule has 0 spiro atoms. The first-order valence-corrected chi connectivity index (χ1v) is 8.82. The highest BCUT2D eigenvalue weighted by Gasteiger charge is 2.35. The molecule has 0 N–H and O–H groups in total. The minimum Gasteiger partial charge on any atom is -0.457 e. The van der Waals surface area contributed by atoms with Crippen LogP contribution in [0.5, 0.6) is 0 Å². The van der Waals surface area contributed by atoms with Crippen molar-refractivity contribution in [2.45, 2.75) is 13.0 Å². The number of nitro benzene ring substituents is 1. The molecule has 0 radical (unpaired) electrons. The zero-order valence-corrected chi connectivity index (χ0v) is 15.6. The van der Waals surface area contributed by atoms with Crippen molar-refractivity contribution in [1.29, 1.82) is 0 Å². The lowest BCUT2D eigenvalue weighted by molar-refractivity contribution is -0.385. The average molecular weight is 398 g/mol. The Morgan fingerprint density at radius 1 is 1.10 bits per heavy atom. The van der Waals surface area contributed by atoms with Gasteiger partial charge in [0, 0.05) is 26.3 Å². The summed E-state index contributed by atoms with van der Waals surface area (Å²) in [6, 6.07) is 10.1. The number of hydrogen-bond donors (Lipinski definition) is 0. The van der Waals surface area contributed by atoms with Gasteiger partial charge in [-0.05, 0) is 30.7 Å². The van der Waals surface area contributed by atoms with Crippen LogP contribution in [0.2, 0.25) is 0 Å². The van der Waals surface area contributed by atoms with Gasteiger partial charge in [-0.1, -0.05) is 12.1 Å². The summed E-state index contributed by atoms with van der Waals surface area (Å²) >= 11 is 0. The Labute approximate surface area is 166 Å². The van der Waals surface area contributed by atoms with Crippen molar-refractivity contribution in [2.24, 2.45) is 0 Å². The van der Waals surface area contributed by atoms with Gasteiger partial charge < -0.3 is 9.47 Å². The SMILES string of the molecule is COCCCN1C(=O)c2ccc(C(=O)OCc3ccccc3[N+](=O)[O-])cc2C1=O. The Morgan fingerprint density at radius 2 is 1.83 bits per heavy atom. The third kappa shape index (κ3) is 4.14. The van der Waals surface area contributed by atoms with E-state index in [4.69, 9.17) is 9.47 Å². The Kier molecular flexibility index (Phi) is 5.99. The quantitative estimate of drug-likeness (QED) is 0.221. The van der Waals surface area contributed by atoms with Gasteiger partial charge in [0.1, 0.15) is 6.61 Å². The number of esters is 1. The van der Waals surface area contributed by atoms with Crippen molar-refractivity contribution in [3.05, 3.63) is 74.8 Å². The highest BCUT2D eigenvalue weighted by atomic mass is 16.6. The lowest BCUT2D eigenvalue weighted by Crippen LogP contribution is -2.31. The van der Waals surface area contributed by atoms with E-state index < -0.39 is 22.7 Å². The molecular formula is C20H18N2O7. The predicted molar refractivity (Wildman–Crippen MR) is 101 cm³/mol. The number of ether oxygens (including phenoxy) is 2. The summed E-state index contributed by atoms with van der Waals surface area (Å²) < 4.78 is 10.1. The molecular weight excluding hydrogens is 380 g/mol. The first-order chi connectivity index (χ1) is 13.9. The van der Waals surface area contributed by atoms with E-state index >= 15 is 0 Å². The topological polar surface area (TPSA) is 116 Å². The number of para-hydroxylation sites is 1. The molecule has 0 aliphatic carbocycles. The van der Waals surface area contributed by atoms with E-state index in [1.54, 1.807) is 6.07 Å². The number of nitrogens with zero attached hydrogens (tertiary/aromatic N) is 2. The van der Waals surface area contributed by atoms with E-state index in [0.29, 0.717) is 13.0 Å². The number of rotatable bonds is 8. The first-order valence-electron chi connectivity index (χ1n) is 8.82. The van der Waals surface area contributed by atoms with Gasteiger partial charge in [0.2, 0.25) is 0 Å². The summed E-state index contributed by atoms with van der Waals surface area (Å²) in [5.41, 5.74) is 0.543. The maximum Gasteiger partial charge on any atom is 0.338 e. The number of carbonyl (C=O) groups is 3. The number of methoxy groups -OCH3 is 1. The second-order valence-electron chi connectivity index (χ2n) is 6.33. The number of benzene rings is 2. The molecule has 150 valence electrons. The first kappa shape index (κ1) is 20.2. The van der Waals surface area contributed by atoms with E-state index in [2.05, 4.69) is 0 Å². The maximum absolute atomic E-state index is 12.5. The molecule has 2 amide bonds. The molecule has 9 heteroatoms.